The van der Waals surface area contributed by atoms with Gasteiger partial charge >= 0.3 is 0 Å². The molecule has 2 N–H and O–H groups in total. The molecule has 2 aliphatic carbocycles. The summed E-state index contributed by atoms with van der Waals surface area (Å²) in [7, 11) is 0. The van der Waals surface area contributed by atoms with Gasteiger partial charge in [-0.3, -0.25) is 19.8 Å². The summed E-state index contributed by atoms with van der Waals surface area (Å²) in [5, 5.41) is 17.6. The number of aryl methyl sites for hydroxylation is 2. The lowest BCUT2D eigenvalue weighted by atomic mass is 9.93. The van der Waals surface area contributed by atoms with Gasteiger partial charge in [0.25, 0.3) is 0 Å². The Kier molecular flexibility index (Phi) is 5.73. The number of hydrogen-bond donors (Lipinski definition) is 2. The molecule has 1 saturated heterocycles. The van der Waals surface area contributed by atoms with Crippen molar-refractivity contribution in [2.75, 3.05) is 43.0 Å². The third-order valence-electron chi connectivity index (χ3n) is 7.06. The molecule has 0 radical (unpaired) electrons. The number of anilines is 1. The van der Waals surface area contributed by atoms with E-state index in [2.05, 4.69) is 44.1 Å². The average molecular weight is 492 g/mol. The van der Waals surface area contributed by atoms with Crippen molar-refractivity contribution in [3.63, 3.8) is 0 Å². The molecule has 2 aliphatic heterocycles. The zero-order valence-electron chi connectivity index (χ0n) is 20.0. The fourth-order valence-electron chi connectivity index (χ4n) is 5.20. The molecule has 1 amide bonds. The number of nitrogens with zero attached hydrogens (tertiary/aromatic N) is 7. The van der Waals surface area contributed by atoms with Gasteiger partial charge < -0.3 is 5.32 Å². The average Bonchev–Trinajstić information content (AvgIpc) is 3.57. The maximum absolute atomic E-state index is 12.4. The highest BCUT2D eigenvalue weighted by molar-refractivity contribution is 7.15. The van der Waals surface area contributed by atoms with Crippen molar-refractivity contribution in [3.8, 4) is 22.0 Å². The molecular weight excluding hydrogens is 462 g/mol. The molecule has 0 saturated carbocycles. The molecule has 35 heavy (non-hydrogen) atoms. The lowest BCUT2D eigenvalue weighted by Gasteiger charge is -2.36. The topological polar surface area (TPSA) is 108 Å². The molecule has 10 nitrogen and oxygen atoms in total. The lowest BCUT2D eigenvalue weighted by molar-refractivity contribution is -0.117. The van der Waals surface area contributed by atoms with Crippen LogP contribution in [0.2, 0.25) is 0 Å². The number of amides is 1. The van der Waals surface area contributed by atoms with Crippen molar-refractivity contribution >= 4 is 23.1 Å². The van der Waals surface area contributed by atoms with Crippen LogP contribution in [0.1, 0.15) is 34.5 Å². The first-order valence-electron chi connectivity index (χ1n) is 12.2. The number of aromatic nitrogens is 6. The molecule has 6 rings (SSSR count). The van der Waals surface area contributed by atoms with Gasteiger partial charge in [-0.1, -0.05) is 0 Å². The van der Waals surface area contributed by atoms with E-state index in [1.807, 2.05) is 0 Å². The molecule has 0 atom stereocenters. The van der Waals surface area contributed by atoms with Gasteiger partial charge in [0.15, 0.2) is 5.82 Å². The molecule has 0 bridgehead atoms. The fourth-order valence-corrected chi connectivity index (χ4v) is 6.19. The predicted molar refractivity (Wildman–Crippen MR) is 135 cm³/mol. The van der Waals surface area contributed by atoms with Gasteiger partial charge in [0.2, 0.25) is 5.91 Å². The van der Waals surface area contributed by atoms with Crippen molar-refractivity contribution in [2.24, 2.45) is 0 Å². The maximum Gasteiger partial charge on any atom is 0.239 e. The molecule has 0 aromatic carbocycles. The zero-order chi connectivity index (χ0) is 23.9. The van der Waals surface area contributed by atoms with Gasteiger partial charge in [-0.25, -0.2) is 9.97 Å². The van der Waals surface area contributed by atoms with Gasteiger partial charge in [-0.2, -0.15) is 9.89 Å². The Morgan fingerprint density at radius 2 is 1.94 bits per heavy atom. The number of carbonyl (C=O) groups is 1. The molecular formula is C24H29N9OS. The van der Waals surface area contributed by atoms with E-state index in [9.17, 15) is 4.79 Å². The first kappa shape index (κ1) is 22.2. The van der Waals surface area contributed by atoms with Gasteiger partial charge in [0, 0.05) is 48.9 Å². The number of carbonyl (C=O) groups excluding carboxylic acids is 1. The van der Waals surface area contributed by atoms with Gasteiger partial charge in [-0.15, -0.1) is 16.4 Å². The van der Waals surface area contributed by atoms with Crippen LogP contribution >= 0.6 is 11.3 Å². The highest BCUT2D eigenvalue weighted by Crippen LogP contribution is 2.46. The molecule has 4 aliphatic rings. The van der Waals surface area contributed by atoms with Crippen molar-refractivity contribution in [3.05, 3.63) is 40.3 Å². The minimum absolute atomic E-state index is 0.0496. The smallest absolute Gasteiger partial charge is 0.239 e. The minimum Gasteiger partial charge on any atom is -0.308 e. The molecule has 11 heteroatoms. The SMILES string of the molecule is Cc1nc(-c2c3ncnn(N4CCN(CC(=O)Nc5cc[nH]n5)CC4)c-3c3c2CCCC3)sc1C. The van der Waals surface area contributed by atoms with Crippen LogP contribution < -0.4 is 10.3 Å². The second-order valence-corrected chi connectivity index (χ2v) is 10.5. The van der Waals surface area contributed by atoms with Crippen LogP contribution in [0.25, 0.3) is 22.0 Å². The number of hydrogen-bond acceptors (Lipinski definition) is 8. The van der Waals surface area contributed by atoms with Crippen molar-refractivity contribution in [1.29, 1.82) is 0 Å². The van der Waals surface area contributed by atoms with E-state index in [0.717, 1.165) is 61.1 Å². The minimum atomic E-state index is -0.0496. The first-order chi connectivity index (χ1) is 17.1. The Morgan fingerprint density at radius 1 is 1.14 bits per heavy atom. The summed E-state index contributed by atoms with van der Waals surface area (Å²) < 4.78 is 0. The van der Waals surface area contributed by atoms with Crippen LogP contribution in [-0.2, 0) is 17.6 Å². The number of aromatic amines is 1. The third-order valence-corrected chi connectivity index (χ3v) is 8.15. The number of rotatable bonds is 5. The van der Waals surface area contributed by atoms with E-state index in [0.29, 0.717) is 12.4 Å². The number of nitrogens with one attached hydrogen (secondary N) is 2. The van der Waals surface area contributed by atoms with E-state index in [-0.39, 0.29) is 5.91 Å². The molecule has 0 unspecified atom stereocenters. The van der Waals surface area contributed by atoms with Gasteiger partial charge in [0.1, 0.15) is 22.7 Å². The number of fused-ring (bicyclic) bond motifs is 3. The van der Waals surface area contributed by atoms with Crippen molar-refractivity contribution in [2.45, 2.75) is 39.5 Å². The number of thiazole rings is 1. The van der Waals surface area contributed by atoms with Crippen molar-refractivity contribution in [1.82, 2.24) is 35.0 Å². The quantitative estimate of drug-likeness (QED) is 0.442. The van der Waals surface area contributed by atoms with Crippen LogP contribution in [0, 0.1) is 13.8 Å². The van der Waals surface area contributed by atoms with Gasteiger partial charge in [-0.05, 0) is 50.7 Å². The predicted octanol–water partition coefficient (Wildman–Crippen LogP) is 2.62. The summed E-state index contributed by atoms with van der Waals surface area (Å²) in [5.74, 6) is 0.501. The normalized spacial score (nSPS) is 16.6. The second-order valence-electron chi connectivity index (χ2n) is 9.28. The van der Waals surface area contributed by atoms with E-state index < -0.39 is 0 Å². The molecule has 182 valence electrons. The summed E-state index contributed by atoms with van der Waals surface area (Å²) in [6.07, 6.45) is 7.88. The highest BCUT2D eigenvalue weighted by Gasteiger charge is 2.33. The maximum atomic E-state index is 12.4. The summed E-state index contributed by atoms with van der Waals surface area (Å²) in [5.41, 5.74) is 7.24. The molecule has 2 aromatic rings. The van der Waals surface area contributed by atoms with Crippen LogP contribution in [0.15, 0.2) is 18.6 Å². The molecule has 2 aromatic heterocycles. The Hall–Kier alpha value is -3.31. The lowest BCUT2D eigenvalue weighted by Crippen LogP contribution is -2.53. The number of H-pyrrole nitrogens is 1. The Balaban J connectivity index is 1.24. The largest absolute Gasteiger partial charge is 0.308 e. The van der Waals surface area contributed by atoms with Crippen molar-refractivity contribution < 1.29 is 4.79 Å². The summed E-state index contributed by atoms with van der Waals surface area (Å²) in [6, 6.07) is 1.75. The van der Waals surface area contributed by atoms with E-state index in [1.165, 1.54) is 34.4 Å². The fraction of sp³-hybridized carbons (Fsp3) is 0.458. The standard InChI is InChI=1S/C24H29N9OS/c1-15-16(2)35-24(28-15)21-17-5-3-4-6-18(17)23-22(21)25-14-27-33(23)32-11-9-31(10-12-32)13-20(34)29-19-7-8-26-30-19/h7-8,14H,3-6,9-13H2,1-2H3,(H2,26,29,30,34). The Bertz CT molecular complexity index is 1300. The summed E-state index contributed by atoms with van der Waals surface area (Å²) in [6.45, 7) is 7.71. The first-order valence-corrected chi connectivity index (χ1v) is 13.0. The summed E-state index contributed by atoms with van der Waals surface area (Å²) >= 11 is 1.76. The van der Waals surface area contributed by atoms with E-state index in [4.69, 9.17) is 15.1 Å². The van der Waals surface area contributed by atoms with Crippen LogP contribution in [0.4, 0.5) is 5.82 Å². The highest BCUT2D eigenvalue weighted by atomic mass is 32.1. The van der Waals surface area contributed by atoms with E-state index >= 15 is 0 Å². The monoisotopic (exact) mass is 491 g/mol. The number of piperazine rings is 1. The van der Waals surface area contributed by atoms with E-state index in [1.54, 1.807) is 29.9 Å². The molecule has 4 heterocycles. The Morgan fingerprint density at radius 3 is 2.66 bits per heavy atom. The second kappa shape index (κ2) is 9.04. The zero-order valence-corrected chi connectivity index (χ0v) is 20.9. The third kappa shape index (κ3) is 4.08. The van der Waals surface area contributed by atoms with Crippen LogP contribution in [0.5, 0.6) is 0 Å². The summed E-state index contributed by atoms with van der Waals surface area (Å²) in [4.78, 5) is 27.6. The molecule has 1 fully saturated rings. The Labute approximate surface area is 207 Å². The van der Waals surface area contributed by atoms with Crippen LogP contribution in [0.3, 0.4) is 0 Å². The van der Waals surface area contributed by atoms with Crippen LogP contribution in [-0.4, -0.2) is 73.6 Å². The van der Waals surface area contributed by atoms with Gasteiger partial charge in [0.05, 0.1) is 12.2 Å². The molecule has 0 spiro atoms.